The Hall–Kier alpha value is -2.26. The molecular formula is C17H23N5O3S. The van der Waals surface area contributed by atoms with Crippen LogP contribution in [0, 0.1) is 5.92 Å². The molecule has 1 aromatic heterocycles. The maximum absolute atomic E-state index is 12.6. The van der Waals surface area contributed by atoms with Gasteiger partial charge in [-0.25, -0.2) is 18.1 Å². The standard InChI is InChI=1S/C17H23N5O3S/c1-11(2)17(23)22-10-13(21-26(3,24)25)9-14(22)16-18-15(19-20-16)12-7-5-4-6-8-12/h4-8,11,13-14,21H,9-10H2,1-3H3,(H,18,19,20)/t13-,14-/m0/s1. The molecule has 0 radical (unpaired) electrons. The third kappa shape index (κ3) is 4.10. The van der Waals surface area contributed by atoms with E-state index in [1.807, 2.05) is 44.2 Å². The Morgan fingerprint density at radius 1 is 1.31 bits per heavy atom. The minimum atomic E-state index is -3.35. The van der Waals surface area contributed by atoms with E-state index in [1.165, 1.54) is 0 Å². The second kappa shape index (κ2) is 7.16. The number of carbonyl (C=O) groups is 1. The third-order valence-electron chi connectivity index (χ3n) is 4.31. The van der Waals surface area contributed by atoms with E-state index in [0.717, 1.165) is 11.8 Å². The molecule has 26 heavy (non-hydrogen) atoms. The van der Waals surface area contributed by atoms with Gasteiger partial charge in [0, 0.05) is 24.1 Å². The van der Waals surface area contributed by atoms with Crippen molar-refractivity contribution in [2.24, 2.45) is 5.92 Å². The Morgan fingerprint density at radius 2 is 2.00 bits per heavy atom. The number of aromatic nitrogens is 3. The molecule has 9 heteroatoms. The number of rotatable bonds is 5. The van der Waals surface area contributed by atoms with E-state index < -0.39 is 10.0 Å². The molecule has 0 spiro atoms. The van der Waals surface area contributed by atoms with Gasteiger partial charge in [0.2, 0.25) is 15.9 Å². The molecule has 0 saturated carbocycles. The highest BCUT2D eigenvalue weighted by Gasteiger charge is 2.39. The average Bonchev–Trinajstić information content (AvgIpc) is 3.20. The quantitative estimate of drug-likeness (QED) is 0.817. The number of hydrogen-bond donors (Lipinski definition) is 2. The summed E-state index contributed by atoms with van der Waals surface area (Å²) in [4.78, 5) is 18.8. The van der Waals surface area contributed by atoms with Gasteiger partial charge in [-0.3, -0.25) is 9.89 Å². The van der Waals surface area contributed by atoms with Crippen molar-refractivity contribution in [1.82, 2.24) is 24.8 Å². The van der Waals surface area contributed by atoms with E-state index >= 15 is 0 Å². The molecule has 1 amide bonds. The lowest BCUT2D eigenvalue weighted by Gasteiger charge is -2.24. The van der Waals surface area contributed by atoms with E-state index in [1.54, 1.807) is 4.90 Å². The minimum absolute atomic E-state index is 0.0366. The van der Waals surface area contributed by atoms with Crippen LogP contribution in [0.5, 0.6) is 0 Å². The van der Waals surface area contributed by atoms with Crippen molar-refractivity contribution in [3.63, 3.8) is 0 Å². The number of sulfonamides is 1. The second-order valence-electron chi connectivity index (χ2n) is 6.89. The Labute approximate surface area is 153 Å². The molecule has 0 aliphatic carbocycles. The van der Waals surface area contributed by atoms with E-state index in [0.29, 0.717) is 24.6 Å². The molecule has 1 aromatic carbocycles. The first-order chi connectivity index (χ1) is 12.2. The topological polar surface area (TPSA) is 108 Å². The highest BCUT2D eigenvalue weighted by molar-refractivity contribution is 7.88. The summed E-state index contributed by atoms with van der Waals surface area (Å²) in [5.74, 6) is 0.893. The van der Waals surface area contributed by atoms with Gasteiger partial charge in [-0.1, -0.05) is 44.2 Å². The summed E-state index contributed by atoms with van der Waals surface area (Å²) in [7, 11) is -3.35. The van der Waals surface area contributed by atoms with Crippen LogP contribution in [-0.4, -0.2) is 53.2 Å². The fraction of sp³-hybridized carbons (Fsp3) is 0.471. The zero-order valence-corrected chi connectivity index (χ0v) is 15.8. The van der Waals surface area contributed by atoms with Crippen molar-refractivity contribution >= 4 is 15.9 Å². The molecule has 2 aromatic rings. The van der Waals surface area contributed by atoms with Crippen molar-refractivity contribution in [1.29, 1.82) is 0 Å². The van der Waals surface area contributed by atoms with Gasteiger partial charge >= 0.3 is 0 Å². The number of benzene rings is 1. The first-order valence-corrected chi connectivity index (χ1v) is 10.4. The smallest absolute Gasteiger partial charge is 0.225 e. The lowest BCUT2D eigenvalue weighted by atomic mass is 10.1. The van der Waals surface area contributed by atoms with Crippen LogP contribution in [0.15, 0.2) is 30.3 Å². The van der Waals surface area contributed by atoms with Gasteiger partial charge in [0.15, 0.2) is 5.82 Å². The Morgan fingerprint density at radius 3 is 2.62 bits per heavy atom. The molecule has 2 heterocycles. The van der Waals surface area contributed by atoms with E-state index in [-0.39, 0.29) is 23.9 Å². The summed E-state index contributed by atoms with van der Waals surface area (Å²) in [5.41, 5.74) is 0.876. The molecule has 3 rings (SSSR count). The van der Waals surface area contributed by atoms with Crippen molar-refractivity contribution in [2.45, 2.75) is 32.4 Å². The fourth-order valence-electron chi connectivity index (χ4n) is 3.20. The molecule has 0 unspecified atom stereocenters. The van der Waals surface area contributed by atoms with Gasteiger partial charge in [-0.2, -0.15) is 5.10 Å². The summed E-state index contributed by atoms with van der Waals surface area (Å²) in [5, 5.41) is 7.18. The van der Waals surface area contributed by atoms with E-state index in [4.69, 9.17) is 0 Å². The predicted molar refractivity (Wildman–Crippen MR) is 97.5 cm³/mol. The van der Waals surface area contributed by atoms with E-state index in [9.17, 15) is 13.2 Å². The van der Waals surface area contributed by atoms with Crippen molar-refractivity contribution in [2.75, 3.05) is 12.8 Å². The number of nitrogens with one attached hydrogen (secondary N) is 2. The van der Waals surface area contributed by atoms with Crippen LogP contribution in [0.4, 0.5) is 0 Å². The number of hydrogen-bond acceptors (Lipinski definition) is 5. The van der Waals surface area contributed by atoms with Crippen LogP contribution in [-0.2, 0) is 14.8 Å². The molecule has 1 saturated heterocycles. The SMILES string of the molecule is CC(C)C(=O)N1C[C@@H](NS(C)(=O)=O)C[C@H]1c1nc(-c2ccccc2)n[nH]1. The third-order valence-corrected chi connectivity index (χ3v) is 5.07. The summed E-state index contributed by atoms with van der Waals surface area (Å²) in [6, 6.07) is 8.86. The highest BCUT2D eigenvalue weighted by atomic mass is 32.2. The number of aromatic amines is 1. The summed E-state index contributed by atoms with van der Waals surface area (Å²) >= 11 is 0. The molecule has 140 valence electrons. The van der Waals surface area contributed by atoms with Gasteiger partial charge in [-0.05, 0) is 6.42 Å². The molecule has 2 atom stereocenters. The molecule has 1 fully saturated rings. The van der Waals surface area contributed by atoms with Gasteiger partial charge < -0.3 is 4.90 Å². The first-order valence-electron chi connectivity index (χ1n) is 8.50. The number of amides is 1. The lowest BCUT2D eigenvalue weighted by molar-refractivity contribution is -0.135. The largest absolute Gasteiger partial charge is 0.331 e. The maximum atomic E-state index is 12.6. The van der Waals surface area contributed by atoms with Crippen molar-refractivity contribution < 1.29 is 13.2 Å². The molecule has 2 N–H and O–H groups in total. The lowest BCUT2D eigenvalue weighted by Crippen LogP contribution is -2.39. The van der Waals surface area contributed by atoms with Crippen molar-refractivity contribution in [3.05, 3.63) is 36.2 Å². The van der Waals surface area contributed by atoms with Gasteiger partial charge in [-0.15, -0.1) is 0 Å². The van der Waals surface area contributed by atoms with Crippen LogP contribution in [0.2, 0.25) is 0 Å². The van der Waals surface area contributed by atoms with Gasteiger partial charge in [0.05, 0.1) is 12.3 Å². The maximum Gasteiger partial charge on any atom is 0.225 e. The van der Waals surface area contributed by atoms with E-state index in [2.05, 4.69) is 19.9 Å². The molecule has 8 nitrogen and oxygen atoms in total. The Bertz CT molecular complexity index is 879. The van der Waals surface area contributed by atoms with Crippen LogP contribution in [0.25, 0.3) is 11.4 Å². The number of carbonyl (C=O) groups excluding carboxylic acids is 1. The number of H-pyrrole nitrogens is 1. The summed E-state index contributed by atoms with van der Waals surface area (Å²) in [6.45, 7) is 3.97. The number of nitrogens with zero attached hydrogens (tertiary/aromatic N) is 3. The van der Waals surface area contributed by atoms with Crippen LogP contribution in [0.3, 0.4) is 0 Å². The van der Waals surface area contributed by atoms with Crippen LogP contribution < -0.4 is 4.72 Å². The zero-order valence-electron chi connectivity index (χ0n) is 15.0. The monoisotopic (exact) mass is 377 g/mol. The summed E-state index contributed by atoms with van der Waals surface area (Å²) < 4.78 is 25.8. The Balaban J connectivity index is 1.88. The number of likely N-dealkylation sites (tertiary alicyclic amines) is 1. The minimum Gasteiger partial charge on any atom is -0.331 e. The Kier molecular flexibility index (Phi) is 5.10. The predicted octanol–water partition coefficient (Wildman–Crippen LogP) is 1.32. The van der Waals surface area contributed by atoms with Gasteiger partial charge in [0.1, 0.15) is 5.82 Å². The summed E-state index contributed by atoms with van der Waals surface area (Å²) in [6.07, 6.45) is 1.58. The second-order valence-corrected chi connectivity index (χ2v) is 8.67. The molecule has 1 aliphatic heterocycles. The van der Waals surface area contributed by atoms with Gasteiger partial charge in [0.25, 0.3) is 0 Å². The van der Waals surface area contributed by atoms with Crippen LogP contribution >= 0.6 is 0 Å². The highest BCUT2D eigenvalue weighted by Crippen LogP contribution is 2.32. The molecule has 1 aliphatic rings. The zero-order chi connectivity index (χ0) is 18.9. The fourth-order valence-corrected chi connectivity index (χ4v) is 3.97. The first kappa shape index (κ1) is 18.5. The molecule has 0 bridgehead atoms. The average molecular weight is 377 g/mol. The van der Waals surface area contributed by atoms with Crippen molar-refractivity contribution in [3.8, 4) is 11.4 Å². The molecular weight excluding hydrogens is 354 g/mol. The van der Waals surface area contributed by atoms with Crippen LogP contribution in [0.1, 0.15) is 32.1 Å². The normalized spacial score (nSPS) is 20.7.